The Hall–Kier alpha value is -2.43. The molecule has 0 bridgehead atoms. The summed E-state index contributed by atoms with van der Waals surface area (Å²) in [7, 11) is 4.05. The smallest absolute Gasteiger partial charge is 0.252 e. The van der Waals surface area contributed by atoms with Crippen molar-refractivity contribution in [2.75, 3.05) is 27.2 Å². The standard InChI is InChI=1S/C21H22ClN3O/c1-25(2)13-5-12-23-21(26)18-14-20(15-8-10-16(22)11-9-15)24-19-7-4-3-6-17(18)19/h3-4,6-11,14H,5,12-13H2,1-2H3,(H,23,26). The zero-order chi connectivity index (χ0) is 18.5. The summed E-state index contributed by atoms with van der Waals surface area (Å²) in [5.41, 5.74) is 3.14. The molecule has 26 heavy (non-hydrogen) atoms. The summed E-state index contributed by atoms with van der Waals surface area (Å²) in [4.78, 5) is 19.6. The van der Waals surface area contributed by atoms with Gasteiger partial charge in [-0.25, -0.2) is 4.98 Å². The molecule has 0 aliphatic rings. The number of halogens is 1. The number of aromatic nitrogens is 1. The molecule has 0 atom stereocenters. The van der Waals surface area contributed by atoms with Crippen LogP contribution >= 0.6 is 11.6 Å². The van der Waals surface area contributed by atoms with E-state index in [0.29, 0.717) is 17.1 Å². The van der Waals surface area contributed by atoms with Gasteiger partial charge >= 0.3 is 0 Å². The molecule has 1 heterocycles. The van der Waals surface area contributed by atoms with Gasteiger partial charge in [0.05, 0.1) is 16.8 Å². The molecule has 5 heteroatoms. The minimum absolute atomic E-state index is 0.0717. The lowest BCUT2D eigenvalue weighted by Gasteiger charge is -2.12. The molecule has 134 valence electrons. The van der Waals surface area contributed by atoms with Crippen molar-refractivity contribution in [2.24, 2.45) is 0 Å². The van der Waals surface area contributed by atoms with Gasteiger partial charge in [-0.05, 0) is 51.3 Å². The van der Waals surface area contributed by atoms with Crippen molar-refractivity contribution in [1.29, 1.82) is 0 Å². The van der Waals surface area contributed by atoms with Crippen LogP contribution in [0.4, 0.5) is 0 Å². The average Bonchev–Trinajstić information content (AvgIpc) is 2.64. The Morgan fingerprint density at radius 1 is 1.12 bits per heavy atom. The molecule has 2 aromatic carbocycles. The largest absolute Gasteiger partial charge is 0.352 e. The maximum absolute atomic E-state index is 12.8. The normalized spacial score (nSPS) is 11.1. The van der Waals surface area contributed by atoms with Crippen LogP contribution in [0.3, 0.4) is 0 Å². The number of carbonyl (C=O) groups is 1. The van der Waals surface area contributed by atoms with Gasteiger partial charge in [0.15, 0.2) is 0 Å². The Kier molecular flexibility index (Phi) is 5.86. The summed E-state index contributed by atoms with van der Waals surface area (Å²) in [5.74, 6) is -0.0717. The van der Waals surface area contributed by atoms with Gasteiger partial charge in [-0.3, -0.25) is 4.79 Å². The number of fused-ring (bicyclic) bond motifs is 1. The number of carbonyl (C=O) groups excluding carboxylic acids is 1. The maximum Gasteiger partial charge on any atom is 0.252 e. The number of benzene rings is 2. The van der Waals surface area contributed by atoms with E-state index < -0.39 is 0 Å². The second-order valence-corrected chi connectivity index (χ2v) is 6.93. The Balaban J connectivity index is 1.92. The Morgan fingerprint density at radius 2 is 1.85 bits per heavy atom. The van der Waals surface area contributed by atoms with Crippen molar-refractivity contribution < 1.29 is 4.79 Å². The third kappa shape index (κ3) is 4.40. The number of pyridine rings is 1. The van der Waals surface area contributed by atoms with Gasteiger partial charge < -0.3 is 10.2 Å². The number of nitrogens with one attached hydrogen (secondary N) is 1. The van der Waals surface area contributed by atoms with E-state index in [1.807, 2.05) is 68.7 Å². The SMILES string of the molecule is CN(C)CCCNC(=O)c1cc(-c2ccc(Cl)cc2)nc2ccccc12. The predicted molar refractivity (Wildman–Crippen MR) is 108 cm³/mol. The molecule has 0 saturated heterocycles. The summed E-state index contributed by atoms with van der Waals surface area (Å²) in [6, 6.07) is 17.1. The second-order valence-electron chi connectivity index (χ2n) is 6.49. The fourth-order valence-corrected chi connectivity index (χ4v) is 2.95. The number of para-hydroxylation sites is 1. The molecule has 0 unspecified atom stereocenters. The number of rotatable bonds is 6. The van der Waals surface area contributed by atoms with Crippen molar-refractivity contribution in [3.05, 3.63) is 65.2 Å². The van der Waals surface area contributed by atoms with E-state index >= 15 is 0 Å². The highest BCUT2D eigenvalue weighted by Gasteiger charge is 2.13. The monoisotopic (exact) mass is 367 g/mol. The van der Waals surface area contributed by atoms with Gasteiger partial charge in [0.1, 0.15) is 0 Å². The van der Waals surface area contributed by atoms with Crippen molar-refractivity contribution >= 4 is 28.4 Å². The Labute approximate surface area is 158 Å². The van der Waals surface area contributed by atoms with Crippen molar-refractivity contribution in [3.63, 3.8) is 0 Å². The van der Waals surface area contributed by atoms with Gasteiger partial charge in [-0.2, -0.15) is 0 Å². The summed E-state index contributed by atoms with van der Waals surface area (Å²) >= 11 is 5.98. The highest BCUT2D eigenvalue weighted by Crippen LogP contribution is 2.25. The molecule has 0 aliphatic heterocycles. The van der Waals surface area contributed by atoms with Gasteiger partial charge in [0.25, 0.3) is 5.91 Å². The fourth-order valence-electron chi connectivity index (χ4n) is 2.82. The Bertz CT molecular complexity index is 907. The van der Waals surface area contributed by atoms with Crippen LogP contribution in [0, 0.1) is 0 Å². The van der Waals surface area contributed by atoms with Crippen LogP contribution in [0.1, 0.15) is 16.8 Å². The first kappa shape index (κ1) is 18.4. The van der Waals surface area contributed by atoms with Crippen LogP contribution in [-0.2, 0) is 0 Å². The maximum atomic E-state index is 12.8. The van der Waals surface area contributed by atoms with Crippen LogP contribution < -0.4 is 5.32 Å². The zero-order valence-electron chi connectivity index (χ0n) is 15.0. The number of amides is 1. The van der Waals surface area contributed by atoms with Gasteiger partial charge in [0, 0.05) is 22.5 Å². The van der Waals surface area contributed by atoms with E-state index in [0.717, 1.165) is 35.1 Å². The molecule has 0 radical (unpaired) electrons. The third-order valence-corrected chi connectivity index (χ3v) is 4.42. The first-order chi connectivity index (χ1) is 12.5. The zero-order valence-corrected chi connectivity index (χ0v) is 15.8. The van der Waals surface area contributed by atoms with Crippen LogP contribution in [0.5, 0.6) is 0 Å². The van der Waals surface area contributed by atoms with Crippen molar-refractivity contribution in [3.8, 4) is 11.3 Å². The van der Waals surface area contributed by atoms with Crippen LogP contribution in [0.15, 0.2) is 54.6 Å². The van der Waals surface area contributed by atoms with Gasteiger partial charge in [-0.15, -0.1) is 0 Å². The van der Waals surface area contributed by atoms with Crippen molar-refractivity contribution in [2.45, 2.75) is 6.42 Å². The fraction of sp³-hybridized carbons (Fsp3) is 0.238. The quantitative estimate of drug-likeness (QED) is 0.663. The van der Waals surface area contributed by atoms with E-state index in [9.17, 15) is 4.79 Å². The first-order valence-electron chi connectivity index (χ1n) is 8.63. The van der Waals surface area contributed by atoms with Crippen LogP contribution in [-0.4, -0.2) is 43.0 Å². The molecule has 3 aromatic rings. The molecule has 1 aromatic heterocycles. The lowest BCUT2D eigenvalue weighted by molar-refractivity contribution is 0.0954. The molecular formula is C21H22ClN3O. The van der Waals surface area contributed by atoms with Gasteiger partial charge in [0.2, 0.25) is 0 Å². The van der Waals surface area contributed by atoms with Crippen molar-refractivity contribution in [1.82, 2.24) is 15.2 Å². The highest BCUT2D eigenvalue weighted by molar-refractivity contribution is 6.30. The minimum Gasteiger partial charge on any atom is -0.352 e. The summed E-state index contributed by atoms with van der Waals surface area (Å²) in [6.45, 7) is 1.58. The minimum atomic E-state index is -0.0717. The molecule has 0 spiro atoms. The molecule has 3 rings (SSSR count). The number of hydrogen-bond donors (Lipinski definition) is 1. The molecule has 1 amide bonds. The number of hydrogen-bond acceptors (Lipinski definition) is 3. The van der Waals surface area contributed by atoms with E-state index in [2.05, 4.69) is 10.2 Å². The Morgan fingerprint density at radius 3 is 2.58 bits per heavy atom. The molecule has 4 nitrogen and oxygen atoms in total. The first-order valence-corrected chi connectivity index (χ1v) is 9.01. The van der Waals surface area contributed by atoms with E-state index in [4.69, 9.17) is 16.6 Å². The summed E-state index contributed by atoms with van der Waals surface area (Å²) in [5, 5.41) is 4.55. The lowest BCUT2D eigenvalue weighted by Crippen LogP contribution is -2.27. The lowest BCUT2D eigenvalue weighted by atomic mass is 10.0. The molecular weight excluding hydrogens is 346 g/mol. The summed E-state index contributed by atoms with van der Waals surface area (Å²) in [6.07, 6.45) is 0.909. The number of nitrogens with zero attached hydrogens (tertiary/aromatic N) is 2. The van der Waals surface area contributed by atoms with E-state index in [1.54, 1.807) is 0 Å². The predicted octanol–water partition coefficient (Wildman–Crippen LogP) is 4.24. The molecule has 0 fully saturated rings. The molecule has 0 saturated carbocycles. The van der Waals surface area contributed by atoms with E-state index in [1.165, 1.54) is 0 Å². The van der Waals surface area contributed by atoms with Crippen LogP contribution in [0.25, 0.3) is 22.2 Å². The summed E-state index contributed by atoms with van der Waals surface area (Å²) < 4.78 is 0. The molecule has 0 aliphatic carbocycles. The second kappa shape index (κ2) is 8.30. The topological polar surface area (TPSA) is 45.2 Å². The third-order valence-electron chi connectivity index (χ3n) is 4.17. The highest BCUT2D eigenvalue weighted by atomic mass is 35.5. The van der Waals surface area contributed by atoms with Gasteiger partial charge in [-0.1, -0.05) is 41.9 Å². The van der Waals surface area contributed by atoms with E-state index in [-0.39, 0.29) is 5.91 Å². The van der Waals surface area contributed by atoms with Crippen LogP contribution in [0.2, 0.25) is 5.02 Å². The average molecular weight is 368 g/mol. The molecule has 1 N–H and O–H groups in total.